The number of thiophene rings is 1. The standard InChI is InChI=1S/C17H17ClN4S/c18-17-13-3-1-2-4-14(13)23-15(17)12-21-7-9-22(10-8-21)16-11-19-5-6-20-16/h1-6,11H,7-10,12H2. The maximum absolute atomic E-state index is 6.56. The molecule has 3 aromatic rings. The number of piperazine rings is 1. The molecular formula is C17H17ClN4S. The molecule has 1 aliphatic rings. The van der Waals surface area contributed by atoms with Gasteiger partial charge in [0.1, 0.15) is 5.82 Å². The van der Waals surface area contributed by atoms with Gasteiger partial charge in [0.05, 0.1) is 11.2 Å². The summed E-state index contributed by atoms with van der Waals surface area (Å²) in [4.78, 5) is 14.5. The summed E-state index contributed by atoms with van der Waals surface area (Å²) in [5.41, 5.74) is 0. The molecule has 2 aromatic heterocycles. The van der Waals surface area contributed by atoms with Crippen molar-refractivity contribution in [1.82, 2.24) is 14.9 Å². The number of nitrogens with zero attached hydrogens (tertiary/aromatic N) is 4. The Morgan fingerprint density at radius 2 is 1.91 bits per heavy atom. The lowest BCUT2D eigenvalue weighted by Crippen LogP contribution is -2.46. The molecule has 4 nitrogen and oxygen atoms in total. The van der Waals surface area contributed by atoms with Crippen LogP contribution < -0.4 is 4.90 Å². The first-order valence-corrected chi connectivity index (χ1v) is 8.90. The van der Waals surface area contributed by atoms with Gasteiger partial charge in [-0.2, -0.15) is 0 Å². The molecule has 0 spiro atoms. The van der Waals surface area contributed by atoms with E-state index >= 15 is 0 Å². The minimum Gasteiger partial charge on any atom is -0.353 e. The van der Waals surface area contributed by atoms with Gasteiger partial charge in [-0.3, -0.25) is 9.88 Å². The van der Waals surface area contributed by atoms with Crippen molar-refractivity contribution in [3.05, 3.63) is 52.8 Å². The topological polar surface area (TPSA) is 32.3 Å². The zero-order valence-corrected chi connectivity index (χ0v) is 14.2. The van der Waals surface area contributed by atoms with Gasteiger partial charge < -0.3 is 4.90 Å². The molecule has 118 valence electrons. The minimum atomic E-state index is 0.918. The normalized spacial score (nSPS) is 16.1. The highest BCUT2D eigenvalue weighted by Crippen LogP contribution is 2.36. The first kappa shape index (κ1) is 14.9. The van der Waals surface area contributed by atoms with Crippen LogP contribution in [0, 0.1) is 0 Å². The Kier molecular flexibility index (Phi) is 4.16. The summed E-state index contributed by atoms with van der Waals surface area (Å²) in [5, 5.41) is 2.09. The van der Waals surface area contributed by atoms with Crippen molar-refractivity contribution < 1.29 is 0 Å². The van der Waals surface area contributed by atoms with Gasteiger partial charge in [0, 0.05) is 60.1 Å². The van der Waals surface area contributed by atoms with Crippen molar-refractivity contribution >= 4 is 38.8 Å². The molecule has 0 saturated carbocycles. The molecule has 0 amide bonds. The lowest BCUT2D eigenvalue weighted by Gasteiger charge is -2.35. The molecule has 0 bridgehead atoms. The molecular weight excluding hydrogens is 328 g/mol. The third kappa shape index (κ3) is 3.04. The molecule has 1 saturated heterocycles. The SMILES string of the molecule is Clc1c(CN2CCN(c3cnccn3)CC2)sc2ccccc12. The molecule has 4 rings (SSSR count). The van der Waals surface area contributed by atoms with E-state index in [9.17, 15) is 0 Å². The summed E-state index contributed by atoms with van der Waals surface area (Å²) in [7, 11) is 0. The number of anilines is 1. The lowest BCUT2D eigenvalue weighted by molar-refractivity contribution is 0.251. The van der Waals surface area contributed by atoms with E-state index in [1.54, 1.807) is 23.7 Å². The van der Waals surface area contributed by atoms with Crippen molar-refractivity contribution in [2.75, 3.05) is 31.1 Å². The highest BCUT2D eigenvalue weighted by atomic mass is 35.5. The van der Waals surface area contributed by atoms with Crippen LogP contribution in [0.1, 0.15) is 4.88 Å². The monoisotopic (exact) mass is 344 g/mol. The predicted molar refractivity (Wildman–Crippen MR) is 96.4 cm³/mol. The van der Waals surface area contributed by atoms with Gasteiger partial charge in [-0.05, 0) is 6.07 Å². The number of aromatic nitrogens is 2. The molecule has 0 radical (unpaired) electrons. The van der Waals surface area contributed by atoms with Crippen molar-refractivity contribution in [3.8, 4) is 0 Å². The van der Waals surface area contributed by atoms with E-state index in [2.05, 4.69) is 38.0 Å². The number of hydrogen-bond acceptors (Lipinski definition) is 5. The van der Waals surface area contributed by atoms with E-state index in [4.69, 9.17) is 11.6 Å². The molecule has 23 heavy (non-hydrogen) atoms. The van der Waals surface area contributed by atoms with Crippen molar-refractivity contribution in [2.45, 2.75) is 6.54 Å². The number of fused-ring (bicyclic) bond motifs is 1. The lowest BCUT2D eigenvalue weighted by atomic mass is 10.2. The highest BCUT2D eigenvalue weighted by molar-refractivity contribution is 7.19. The zero-order chi connectivity index (χ0) is 15.6. The van der Waals surface area contributed by atoms with E-state index in [0.29, 0.717) is 0 Å². The number of rotatable bonds is 3. The van der Waals surface area contributed by atoms with E-state index in [1.807, 2.05) is 12.3 Å². The highest BCUT2D eigenvalue weighted by Gasteiger charge is 2.20. The maximum Gasteiger partial charge on any atom is 0.147 e. The van der Waals surface area contributed by atoms with Gasteiger partial charge in [0.25, 0.3) is 0 Å². The Morgan fingerprint density at radius 1 is 1.09 bits per heavy atom. The van der Waals surface area contributed by atoms with Gasteiger partial charge in [0.2, 0.25) is 0 Å². The van der Waals surface area contributed by atoms with Crippen LogP contribution in [0.4, 0.5) is 5.82 Å². The molecule has 1 aliphatic heterocycles. The molecule has 3 heterocycles. The molecule has 0 aliphatic carbocycles. The Balaban J connectivity index is 1.43. The zero-order valence-electron chi connectivity index (χ0n) is 12.7. The Hall–Kier alpha value is -1.69. The second-order valence-corrected chi connectivity index (χ2v) is 7.18. The van der Waals surface area contributed by atoms with Crippen molar-refractivity contribution in [1.29, 1.82) is 0 Å². The van der Waals surface area contributed by atoms with Crippen LogP contribution in [0.15, 0.2) is 42.9 Å². The molecule has 6 heteroatoms. The summed E-state index contributed by atoms with van der Waals surface area (Å²) in [6.07, 6.45) is 5.29. The third-order valence-electron chi connectivity index (χ3n) is 4.21. The summed E-state index contributed by atoms with van der Waals surface area (Å²) in [5.74, 6) is 0.965. The molecule has 0 N–H and O–H groups in total. The predicted octanol–water partition coefficient (Wildman–Crippen LogP) is 3.67. The van der Waals surface area contributed by atoms with Gasteiger partial charge in [-0.15, -0.1) is 11.3 Å². The molecule has 0 atom stereocenters. The van der Waals surface area contributed by atoms with E-state index in [1.165, 1.54) is 15.0 Å². The van der Waals surface area contributed by atoms with Crippen LogP contribution in [0.5, 0.6) is 0 Å². The van der Waals surface area contributed by atoms with Gasteiger partial charge in [0.15, 0.2) is 0 Å². The second kappa shape index (κ2) is 6.43. The Morgan fingerprint density at radius 3 is 2.65 bits per heavy atom. The van der Waals surface area contributed by atoms with Crippen molar-refractivity contribution in [3.63, 3.8) is 0 Å². The fourth-order valence-corrected chi connectivity index (χ4v) is 4.49. The van der Waals surface area contributed by atoms with E-state index in [0.717, 1.165) is 43.6 Å². The van der Waals surface area contributed by atoms with Crippen LogP contribution in [0.3, 0.4) is 0 Å². The van der Waals surface area contributed by atoms with Crippen LogP contribution in [0.25, 0.3) is 10.1 Å². The third-order valence-corrected chi connectivity index (χ3v) is 5.91. The maximum atomic E-state index is 6.56. The number of hydrogen-bond donors (Lipinski definition) is 0. The molecule has 1 fully saturated rings. The average molecular weight is 345 g/mol. The van der Waals surface area contributed by atoms with Gasteiger partial charge in [-0.1, -0.05) is 29.8 Å². The summed E-state index contributed by atoms with van der Waals surface area (Å²) in [6, 6.07) is 8.36. The number of benzene rings is 1. The smallest absolute Gasteiger partial charge is 0.147 e. The van der Waals surface area contributed by atoms with Crippen LogP contribution in [0.2, 0.25) is 5.02 Å². The Labute approximate surface area is 144 Å². The molecule has 0 unspecified atom stereocenters. The second-order valence-electron chi connectivity index (χ2n) is 5.66. The molecule has 1 aromatic carbocycles. The fourth-order valence-electron chi connectivity index (χ4n) is 2.96. The summed E-state index contributed by atoms with van der Waals surface area (Å²) in [6.45, 7) is 4.90. The largest absolute Gasteiger partial charge is 0.353 e. The first-order chi connectivity index (χ1) is 11.3. The summed E-state index contributed by atoms with van der Waals surface area (Å²) >= 11 is 8.36. The van der Waals surface area contributed by atoms with Gasteiger partial charge in [-0.25, -0.2) is 4.98 Å². The quantitative estimate of drug-likeness (QED) is 0.725. The summed E-state index contributed by atoms with van der Waals surface area (Å²) < 4.78 is 1.27. The van der Waals surface area contributed by atoms with Crippen molar-refractivity contribution in [2.24, 2.45) is 0 Å². The van der Waals surface area contributed by atoms with Crippen LogP contribution in [-0.2, 0) is 6.54 Å². The minimum absolute atomic E-state index is 0.918. The average Bonchev–Trinajstić information content (AvgIpc) is 2.93. The number of halogens is 1. The van der Waals surface area contributed by atoms with E-state index in [-0.39, 0.29) is 0 Å². The first-order valence-electron chi connectivity index (χ1n) is 7.70. The fraction of sp³-hybridized carbons (Fsp3) is 0.294. The van der Waals surface area contributed by atoms with Crippen LogP contribution in [-0.4, -0.2) is 41.0 Å². The van der Waals surface area contributed by atoms with E-state index < -0.39 is 0 Å². The van der Waals surface area contributed by atoms with Crippen LogP contribution >= 0.6 is 22.9 Å². The van der Waals surface area contributed by atoms with Gasteiger partial charge >= 0.3 is 0 Å². The Bertz CT molecular complexity index is 797.